The van der Waals surface area contributed by atoms with Crippen LogP contribution in [0.25, 0.3) is 0 Å². The third-order valence-electron chi connectivity index (χ3n) is 4.42. The van der Waals surface area contributed by atoms with Gasteiger partial charge in [0.2, 0.25) is 5.91 Å². The molecule has 1 heterocycles. The van der Waals surface area contributed by atoms with Crippen LogP contribution in [0.3, 0.4) is 0 Å². The van der Waals surface area contributed by atoms with Crippen molar-refractivity contribution in [3.05, 3.63) is 29.8 Å². The molecule has 3 N–H and O–H groups in total. The summed E-state index contributed by atoms with van der Waals surface area (Å²) >= 11 is 0. The summed E-state index contributed by atoms with van der Waals surface area (Å²) in [5.74, 6) is 1.61. The molecule has 2 rings (SSSR count). The normalized spacial score (nSPS) is 15.2. The Morgan fingerprint density at radius 1 is 1.27 bits per heavy atom. The molecule has 0 bridgehead atoms. The molecule has 1 aromatic rings. The van der Waals surface area contributed by atoms with E-state index in [4.69, 9.17) is 10.5 Å². The lowest BCUT2D eigenvalue weighted by molar-refractivity contribution is -0.130. The van der Waals surface area contributed by atoms with Crippen molar-refractivity contribution < 1.29 is 9.53 Å². The van der Waals surface area contributed by atoms with E-state index in [2.05, 4.69) is 10.3 Å². The Kier molecular flexibility index (Phi) is 11.1. The molecular formula is C19H31IN4O2. The molecule has 0 aliphatic carbocycles. The summed E-state index contributed by atoms with van der Waals surface area (Å²) in [6.45, 7) is 3.05. The quantitative estimate of drug-likeness (QED) is 0.263. The van der Waals surface area contributed by atoms with Gasteiger partial charge in [0.1, 0.15) is 5.75 Å². The Hall–Kier alpha value is -1.51. The van der Waals surface area contributed by atoms with Crippen LogP contribution in [0.15, 0.2) is 29.3 Å². The minimum absolute atomic E-state index is 0. The SMILES string of the molecule is COc1ccc(CCNC(N)=NCCCN2CCCCCC2=O)cc1.I. The van der Waals surface area contributed by atoms with Gasteiger partial charge in [0.25, 0.3) is 0 Å². The van der Waals surface area contributed by atoms with Crippen molar-refractivity contribution in [1.29, 1.82) is 0 Å². The van der Waals surface area contributed by atoms with E-state index in [1.807, 2.05) is 29.2 Å². The van der Waals surface area contributed by atoms with Gasteiger partial charge in [-0.2, -0.15) is 0 Å². The fourth-order valence-corrected chi connectivity index (χ4v) is 2.92. The van der Waals surface area contributed by atoms with Crippen LogP contribution in [0.5, 0.6) is 5.75 Å². The zero-order chi connectivity index (χ0) is 17.9. The molecular weight excluding hydrogens is 443 g/mol. The number of hydrogen-bond acceptors (Lipinski definition) is 3. The minimum Gasteiger partial charge on any atom is -0.497 e. The Balaban J connectivity index is 0.00000338. The highest BCUT2D eigenvalue weighted by molar-refractivity contribution is 14.0. The lowest BCUT2D eigenvalue weighted by Crippen LogP contribution is -2.34. The van der Waals surface area contributed by atoms with Crippen molar-refractivity contribution in [2.75, 3.05) is 33.3 Å². The van der Waals surface area contributed by atoms with E-state index >= 15 is 0 Å². The number of benzene rings is 1. The first-order chi connectivity index (χ1) is 12.2. The highest BCUT2D eigenvalue weighted by atomic mass is 127. The maximum absolute atomic E-state index is 11.9. The Morgan fingerprint density at radius 3 is 2.77 bits per heavy atom. The van der Waals surface area contributed by atoms with Gasteiger partial charge in [0.15, 0.2) is 5.96 Å². The molecule has 0 saturated carbocycles. The summed E-state index contributed by atoms with van der Waals surface area (Å²) in [5.41, 5.74) is 7.12. The number of amides is 1. The molecule has 0 radical (unpaired) electrons. The lowest BCUT2D eigenvalue weighted by atomic mass is 10.1. The topological polar surface area (TPSA) is 80.0 Å². The Bertz CT molecular complexity index is 563. The number of methoxy groups -OCH3 is 1. The van der Waals surface area contributed by atoms with Crippen molar-refractivity contribution >= 4 is 35.8 Å². The standard InChI is InChI=1S/C19H30N4O2.HI/c1-25-17-9-7-16(8-10-17)11-13-22-19(20)21-12-5-15-23-14-4-2-3-6-18(23)24;/h7-10H,2-6,11-15H2,1H3,(H3,20,21,22);1H. The van der Waals surface area contributed by atoms with Crippen LogP contribution in [-0.4, -0.2) is 50.1 Å². The number of hydrogen-bond donors (Lipinski definition) is 2. The number of carbonyl (C=O) groups is 1. The van der Waals surface area contributed by atoms with Crippen molar-refractivity contribution in [1.82, 2.24) is 10.2 Å². The highest BCUT2D eigenvalue weighted by Crippen LogP contribution is 2.12. The van der Waals surface area contributed by atoms with Gasteiger partial charge in [-0.05, 0) is 43.4 Å². The zero-order valence-corrected chi connectivity index (χ0v) is 17.9. The Labute approximate surface area is 173 Å². The minimum atomic E-state index is 0. The van der Waals surface area contributed by atoms with Gasteiger partial charge in [-0.1, -0.05) is 18.6 Å². The van der Waals surface area contributed by atoms with E-state index in [9.17, 15) is 4.79 Å². The highest BCUT2D eigenvalue weighted by Gasteiger charge is 2.15. The third kappa shape index (κ3) is 8.25. The van der Waals surface area contributed by atoms with Crippen LogP contribution in [0, 0.1) is 0 Å². The largest absolute Gasteiger partial charge is 0.497 e. The van der Waals surface area contributed by atoms with Crippen LogP contribution >= 0.6 is 24.0 Å². The first kappa shape index (κ1) is 22.5. The van der Waals surface area contributed by atoms with Crippen molar-refractivity contribution in [2.45, 2.75) is 38.5 Å². The van der Waals surface area contributed by atoms with E-state index in [1.165, 1.54) is 5.56 Å². The van der Waals surface area contributed by atoms with Crippen LogP contribution in [0.4, 0.5) is 0 Å². The molecule has 0 aromatic heterocycles. The zero-order valence-electron chi connectivity index (χ0n) is 15.6. The average molecular weight is 474 g/mol. The predicted octanol–water partition coefficient (Wildman–Crippen LogP) is 2.55. The monoisotopic (exact) mass is 474 g/mol. The number of halogens is 1. The molecule has 0 unspecified atom stereocenters. The Morgan fingerprint density at radius 2 is 2.04 bits per heavy atom. The van der Waals surface area contributed by atoms with Gasteiger partial charge < -0.3 is 20.7 Å². The number of carbonyl (C=O) groups excluding carboxylic acids is 1. The molecule has 0 spiro atoms. The number of ether oxygens (including phenoxy) is 1. The molecule has 1 amide bonds. The third-order valence-corrected chi connectivity index (χ3v) is 4.42. The fraction of sp³-hybridized carbons (Fsp3) is 0.579. The van der Waals surface area contributed by atoms with Crippen LogP contribution in [0.1, 0.15) is 37.7 Å². The van der Waals surface area contributed by atoms with E-state index < -0.39 is 0 Å². The molecule has 1 aliphatic rings. The fourth-order valence-electron chi connectivity index (χ4n) is 2.92. The molecule has 0 atom stereocenters. The van der Waals surface area contributed by atoms with Gasteiger partial charge >= 0.3 is 0 Å². The number of nitrogens with one attached hydrogen (secondary N) is 1. The summed E-state index contributed by atoms with van der Waals surface area (Å²) in [6.07, 6.45) is 5.72. The van der Waals surface area contributed by atoms with Gasteiger partial charge in [-0.25, -0.2) is 0 Å². The second-order valence-electron chi connectivity index (χ2n) is 6.34. The first-order valence-corrected chi connectivity index (χ1v) is 9.13. The average Bonchev–Trinajstić information content (AvgIpc) is 2.83. The molecule has 7 heteroatoms. The number of rotatable bonds is 8. The lowest BCUT2D eigenvalue weighted by Gasteiger charge is -2.19. The summed E-state index contributed by atoms with van der Waals surface area (Å²) in [7, 11) is 1.66. The molecule has 26 heavy (non-hydrogen) atoms. The number of nitrogens with zero attached hydrogens (tertiary/aromatic N) is 2. The maximum atomic E-state index is 11.9. The molecule has 1 aliphatic heterocycles. The van der Waals surface area contributed by atoms with E-state index in [1.54, 1.807) is 7.11 Å². The van der Waals surface area contributed by atoms with E-state index in [0.717, 1.165) is 57.5 Å². The van der Waals surface area contributed by atoms with E-state index in [-0.39, 0.29) is 29.9 Å². The van der Waals surface area contributed by atoms with Gasteiger partial charge in [-0.15, -0.1) is 24.0 Å². The van der Waals surface area contributed by atoms with Crippen molar-refractivity contribution in [2.24, 2.45) is 10.7 Å². The van der Waals surface area contributed by atoms with Crippen molar-refractivity contribution in [3.63, 3.8) is 0 Å². The maximum Gasteiger partial charge on any atom is 0.222 e. The van der Waals surface area contributed by atoms with Crippen LogP contribution in [-0.2, 0) is 11.2 Å². The number of nitrogens with two attached hydrogens (primary N) is 1. The summed E-state index contributed by atoms with van der Waals surface area (Å²) < 4.78 is 5.14. The first-order valence-electron chi connectivity index (χ1n) is 9.13. The summed E-state index contributed by atoms with van der Waals surface area (Å²) in [5, 5.41) is 3.13. The van der Waals surface area contributed by atoms with Crippen molar-refractivity contribution in [3.8, 4) is 5.75 Å². The smallest absolute Gasteiger partial charge is 0.222 e. The summed E-state index contributed by atoms with van der Waals surface area (Å²) in [4.78, 5) is 18.2. The molecule has 1 saturated heterocycles. The number of guanidine groups is 1. The second kappa shape index (κ2) is 12.8. The number of likely N-dealkylation sites (tertiary alicyclic amines) is 1. The van der Waals surface area contributed by atoms with Gasteiger partial charge in [0, 0.05) is 32.6 Å². The van der Waals surface area contributed by atoms with Crippen LogP contribution < -0.4 is 15.8 Å². The summed E-state index contributed by atoms with van der Waals surface area (Å²) in [6, 6.07) is 8.01. The van der Waals surface area contributed by atoms with Gasteiger partial charge in [0.05, 0.1) is 7.11 Å². The van der Waals surface area contributed by atoms with E-state index in [0.29, 0.717) is 18.9 Å². The molecule has 146 valence electrons. The molecule has 1 fully saturated rings. The molecule has 1 aromatic carbocycles. The predicted molar refractivity (Wildman–Crippen MR) is 116 cm³/mol. The molecule has 6 nitrogen and oxygen atoms in total. The second-order valence-corrected chi connectivity index (χ2v) is 6.34. The van der Waals surface area contributed by atoms with Gasteiger partial charge in [-0.3, -0.25) is 9.79 Å². The van der Waals surface area contributed by atoms with Crippen LogP contribution in [0.2, 0.25) is 0 Å². The number of aliphatic imine (C=N–C) groups is 1.